The highest BCUT2D eigenvalue weighted by Gasteiger charge is 2.09. The van der Waals surface area contributed by atoms with Crippen LogP contribution in [0.1, 0.15) is 22.3 Å². The van der Waals surface area contributed by atoms with Gasteiger partial charge in [-0.2, -0.15) is 0 Å². The van der Waals surface area contributed by atoms with Crippen molar-refractivity contribution in [3.63, 3.8) is 0 Å². The zero-order valence-corrected chi connectivity index (χ0v) is 14.3. The molecule has 0 nitrogen and oxygen atoms in total. The Morgan fingerprint density at radius 1 is 0.650 bits per heavy atom. The molecule has 20 heavy (non-hydrogen) atoms. The largest absolute Gasteiger partial charge is 0.0933 e. The maximum atomic E-state index is 2.45. The Morgan fingerprint density at radius 3 is 1.50 bits per heavy atom. The van der Waals surface area contributed by atoms with Crippen molar-refractivity contribution in [3.8, 4) is 0 Å². The van der Waals surface area contributed by atoms with Gasteiger partial charge in [0.1, 0.15) is 0 Å². The first kappa shape index (κ1) is 14.2. The average molecular weight is 300 g/mol. The van der Waals surface area contributed by atoms with Crippen LogP contribution >= 0.6 is 17.2 Å². The van der Waals surface area contributed by atoms with Crippen molar-refractivity contribution in [3.05, 3.63) is 58.7 Å². The van der Waals surface area contributed by atoms with E-state index in [0.29, 0.717) is 0 Å². The Morgan fingerprint density at radius 2 is 1.10 bits per heavy atom. The molecule has 0 heterocycles. The van der Waals surface area contributed by atoms with Gasteiger partial charge in [0.05, 0.1) is 0 Å². The van der Waals surface area contributed by atoms with Gasteiger partial charge in [0, 0.05) is 0 Å². The van der Waals surface area contributed by atoms with E-state index in [0.717, 1.165) is 17.2 Å². The molecule has 4 bridgehead atoms. The van der Waals surface area contributed by atoms with E-state index in [4.69, 9.17) is 0 Å². The summed E-state index contributed by atoms with van der Waals surface area (Å²) in [6.07, 6.45) is 4.72. The van der Waals surface area contributed by atoms with E-state index in [1.165, 1.54) is 36.8 Å². The van der Waals surface area contributed by atoms with Gasteiger partial charge in [-0.3, -0.25) is 0 Å². The van der Waals surface area contributed by atoms with Gasteiger partial charge in [-0.05, 0) is 71.9 Å². The molecule has 2 atom stereocenters. The van der Waals surface area contributed by atoms with Gasteiger partial charge in [0.25, 0.3) is 0 Å². The molecule has 4 aliphatic rings. The third-order valence-corrected chi connectivity index (χ3v) is 6.26. The van der Waals surface area contributed by atoms with Gasteiger partial charge in [0.15, 0.2) is 0 Å². The van der Waals surface area contributed by atoms with Crippen LogP contribution in [0.2, 0.25) is 0 Å². The molecule has 0 fully saturated rings. The third kappa shape index (κ3) is 2.98. The molecule has 2 aromatic carbocycles. The molecule has 6 rings (SSSR count). The fourth-order valence-corrected chi connectivity index (χ4v) is 4.74. The summed E-state index contributed by atoms with van der Waals surface area (Å²) >= 11 is 0. The molecule has 0 amide bonds. The van der Waals surface area contributed by atoms with Crippen LogP contribution in [-0.2, 0) is 25.7 Å². The SMILES string of the molecule is CPc1cc2ccc1CCc1ccc(c(PC)c1)CC2. The van der Waals surface area contributed by atoms with Gasteiger partial charge < -0.3 is 0 Å². The van der Waals surface area contributed by atoms with Crippen LogP contribution in [0.15, 0.2) is 36.4 Å². The molecule has 0 aliphatic heterocycles. The maximum Gasteiger partial charge on any atom is -0.0232 e. The van der Waals surface area contributed by atoms with E-state index in [1.807, 2.05) is 0 Å². The summed E-state index contributed by atoms with van der Waals surface area (Å²) in [6, 6.07) is 14.3. The molecular formula is C18H22P2. The first-order valence-electron chi connectivity index (χ1n) is 7.39. The fraction of sp³-hybridized carbons (Fsp3) is 0.333. The molecule has 0 N–H and O–H groups in total. The first-order chi connectivity index (χ1) is 9.80. The summed E-state index contributed by atoms with van der Waals surface area (Å²) in [5.41, 5.74) is 6.13. The lowest BCUT2D eigenvalue weighted by molar-refractivity contribution is 0.933. The van der Waals surface area contributed by atoms with Crippen molar-refractivity contribution in [1.29, 1.82) is 0 Å². The van der Waals surface area contributed by atoms with E-state index < -0.39 is 0 Å². The maximum absolute atomic E-state index is 2.45. The minimum absolute atomic E-state index is 0.911. The molecule has 2 aromatic rings. The minimum Gasteiger partial charge on any atom is -0.0933 e. The van der Waals surface area contributed by atoms with E-state index in [1.54, 1.807) is 21.7 Å². The van der Waals surface area contributed by atoms with E-state index >= 15 is 0 Å². The first-order valence-corrected chi connectivity index (χ1v) is 10.4. The van der Waals surface area contributed by atoms with Crippen molar-refractivity contribution in [2.24, 2.45) is 0 Å². The van der Waals surface area contributed by atoms with Crippen LogP contribution in [-0.4, -0.2) is 13.3 Å². The molecule has 0 radical (unpaired) electrons. The highest BCUT2D eigenvalue weighted by atomic mass is 31.1. The number of benzene rings is 2. The lowest BCUT2D eigenvalue weighted by Gasteiger charge is -2.15. The van der Waals surface area contributed by atoms with E-state index in [9.17, 15) is 0 Å². The number of hydrogen-bond donors (Lipinski definition) is 0. The molecule has 0 aromatic heterocycles. The molecule has 0 saturated heterocycles. The summed E-state index contributed by atoms with van der Waals surface area (Å²) in [4.78, 5) is 0. The Balaban J connectivity index is 2.01. The lowest BCUT2D eigenvalue weighted by Crippen LogP contribution is -2.12. The van der Waals surface area contributed by atoms with Crippen LogP contribution in [0, 0.1) is 0 Å². The standard InChI is InChI=1S/C18H22P2/c1-19-17-11-13-3-7-15(17)9-5-14-4-8-16(10-6-13)18(12-14)20-2/h3-4,7-8,11-12,19-20H,5-6,9-10H2,1-2H3. The second kappa shape index (κ2) is 6.38. The molecule has 0 spiro atoms. The smallest absolute Gasteiger partial charge is 0.0232 e. The average Bonchev–Trinajstić information content (AvgIpc) is 2.49. The van der Waals surface area contributed by atoms with Crippen molar-refractivity contribution < 1.29 is 0 Å². The second-order valence-corrected chi connectivity index (χ2v) is 7.56. The summed E-state index contributed by atoms with van der Waals surface area (Å²) in [6.45, 7) is 4.61. The van der Waals surface area contributed by atoms with Crippen molar-refractivity contribution in [2.45, 2.75) is 25.7 Å². The number of aryl methyl sites for hydroxylation is 4. The summed E-state index contributed by atoms with van der Waals surface area (Å²) in [5.74, 6) is 0. The zero-order valence-electron chi connectivity index (χ0n) is 12.3. The van der Waals surface area contributed by atoms with Gasteiger partial charge in [-0.1, -0.05) is 53.6 Å². The highest BCUT2D eigenvalue weighted by molar-refractivity contribution is 7.46. The molecule has 2 heteroatoms. The van der Waals surface area contributed by atoms with Crippen molar-refractivity contribution in [1.82, 2.24) is 0 Å². The van der Waals surface area contributed by atoms with E-state index in [2.05, 4.69) is 49.7 Å². The quantitative estimate of drug-likeness (QED) is 0.745. The summed E-state index contributed by atoms with van der Waals surface area (Å²) in [5, 5.41) is 3.16. The highest BCUT2D eigenvalue weighted by Crippen LogP contribution is 2.20. The summed E-state index contributed by atoms with van der Waals surface area (Å²) < 4.78 is 0. The van der Waals surface area contributed by atoms with Crippen LogP contribution in [0.3, 0.4) is 0 Å². The molecule has 0 saturated carbocycles. The van der Waals surface area contributed by atoms with Gasteiger partial charge in [0.2, 0.25) is 0 Å². The Kier molecular flexibility index (Phi) is 4.54. The van der Waals surface area contributed by atoms with Gasteiger partial charge in [-0.25, -0.2) is 0 Å². The molecule has 2 unspecified atom stereocenters. The van der Waals surface area contributed by atoms with E-state index in [-0.39, 0.29) is 0 Å². The topological polar surface area (TPSA) is 0 Å². The van der Waals surface area contributed by atoms with Crippen molar-refractivity contribution in [2.75, 3.05) is 13.3 Å². The van der Waals surface area contributed by atoms with Crippen molar-refractivity contribution >= 4 is 27.8 Å². The monoisotopic (exact) mass is 300 g/mol. The summed E-state index contributed by atoms with van der Waals surface area (Å²) in [7, 11) is 1.82. The zero-order chi connectivity index (χ0) is 13.9. The Labute approximate surface area is 126 Å². The normalized spacial score (nSPS) is 15.3. The predicted molar refractivity (Wildman–Crippen MR) is 95.4 cm³/mol. The van der Waals surface area contributed by atoms with Crippen LogP contribution in [0.4, 0.5) is 0 Å². The second-order valence-electron chi connectivity index (χ2n) is 5.48. The van der Waals surface area contributed by atoms with Gasteiger partial charge >= 0.3 is 0 Å². The number of hydrogen-bond acceptors (Lipinski definition) is 0. The molecular weight excluding hydrogens is 278 g/mol. The molecule has 104 valence electrons. The third-order valence-electron chi connectivity index (χ3n) is 4.25. The predicted octanol–water partition coefficient (Wildman–Crippen LogP) is 3.44. The van der Waals surface area contributed by atoms with Gasteiger partial charge in [-0.15, -0.1) is 0 Å². The number of rotatable bonds is 2. The van der Waals surface area contributed by atoms with Crippen LogP contribution in [0.5, 0.6) is 0 Å². The fourth-order valence-electron chi connectivity index (χ4n) is 3.02. The lowest BCUT2D eigenvalue weighted by atomic mass is 9.96. The van der Waals surface area contributed by atoms with Crippen LogP contribution < -0.4 is 10.6 Å². The van der Waals surface area contributed by atoms with Crippen LogP contribution in [0.25, 0.3) is 0 Å². The minimum atomic E-state index is 0.911. The Bertz CT molecular complexity index is 561. The molecule has 4 aliphatic carbocycles. The Hall–Kier alpha value is -0.700.